The lowest BCUT2D eigenvalue weighted by atomic mass is 10.4. The maximum Gasteiger partial charge on any atom is 0.268 e. The van der Waals surface area contributed by atoms with Gasteiger partial charge in [0.25, 0.3) is 5.56 Å². The summed E-state index contributed by atoms with van der Waals surface area (Å²) in [5.41, 5.74) is 0.0765. The van der Waals surface area contributed by atoms with Crippen LogP contribution in [0, 0.1) is 5.82 Å². The SMILES string of the molecule is O=c1[nH]c(CS(=O)(=O)c2cccc(F)c2)nc2ccsc12. The van der Waals surface area contributed by atoms with E-state index in [1.807, 2.05) is 0 Å². The third-order valence-electron chi connectivity index (χ3n) is 2.85. The highest BCUT2D eigenvalue weighted by molar-refractivity contribution is 7.90. The summed E-state index contributed by atoms with van der Waals surface area (Å²) in [5, 5.41) is 1.71. The first-order valence-corrected chi connectivity index (χ1v) is 8.44. The molecule has 0 spiro atoms. The van der Waals surface area contributed by atoms with Crippen molar-refractivity contribution in [3.63, 3.8) is 0 Å². The number of benzene rings is 1. The summed E-state index contributed by atoms with van der Waals surface area (Å²) in [4.78, 5) is 18.2. The minimum Gasteiger partial charge on any atom is -0.308 e. The largest absolute Gasteiger partial charge is 0.308 e. The van der Waals surface area contributed by atoms with Gasteiger partial charge in [0, 0.05) is 0 Å². The molecule has 2 aromatic heterocycles. The number of sulfone groups is 1. The number of nitrogens with one attached hydrogen (secondary N) is 1. The Hall–Kier alpha value is -2.06. The summed E-state index contributed by atoms with van der Waals surface area (Å²) in [6.07, 6.45) is 0. The van der Waals surface area contributed by atoms with Gasteiger partial charge in [-0.15, -0.1) is 11.3 Å². The van der Waals surface area contributed by atoms with Gasteiger partial charge in [0.2, 0.25) is 0 Å². The molecule has 0 fully saturated rings. The fourth-order valence-corrected chi connectivity index (χ4v) is 3.88. The molecule has 0 atom stereocenters. The van der Waals surface area contributed by atoms with Crippen LogP contribution in [0.5, 0.6) is 0 Å². The molecular weight excluding hydrogens is 315 g/mol. The first-order chi connectivity index (χ1) is 9.95. The van der Waals surface area contributed by atoms with E-state index in [1.165, 1.54) is 23.5 Å². The van der Waals surface area contributed by atoms with Crippen LogP contribution in [-0.2, 0) is 15.6 Å². The van der Waals surface area contributed by atoms with Gasteiger partial charge in [-0.3, -0.25) is 4.79 Å². The average molecular weight is 324 g/mol. The summed E-state index contributed by atoms with van der Waals surface area (Å²) in [7, 11) is -3.77. The van der Waals surface area contributed by atoms with Crippen LogP contribution in [0.25, 0.3) is 10.2 Å². The number of aromatic nitrogens is 2. The molecule has 21 heavy (non-hydrogen) atoms. The highest BCUT2D eigenvalue weighted by Crippen LogP contribution is 2.18. The number of fused-ring (bicyclic) bond motifs is 1. The number of hydrogen-bond donors (Lipinski definition) is 1. The van der Waals surface area contributed by atoms with Crippen LogP contribution < -0.4 is 5.56 Å². The number of H-pyrrole nitrogens is 1. The Kier molecular flexibility index (Phi) is 3.34. The Morgan fingerprint density at radius 2 is 2.10 bits per heavy atom. The van der Waals surface area contributed by atoms with Crippen molar-refractivity contribution in [2.45, 2.75) is 10.6 Å². The van der Waals surface area contributed by atoms with Gasteiger partial charge >= 0.3 is 0 Å². The van der Waals surface area contributed by atoms with Crippen LogP contribution in [0.2, 0.25) is 0 Å². The molecule has 0 aliphatic carbocycles. The zero-order valence-corrected chi connectivity index (χ0v) is 12.2. The highest BCUT2D eigenvalue weighted by Gasteiger charge is 2.18. The van der Waals surface area contributed by atoms with E-state index in [9.17, 15) is 17.6 Å². The number of halogens is 1. The lowest BCUT2D eigenvalue weighted by molar-refractivity contribution is 0.589. The quantitative estimate of drug-likeness (QED) is 0.800. The molecule has 0 saturated carbocycles. The van der Waals surface area contributed by atoms with Gasteiger partial charge in [-0.25, -0.2) is 17.8 Å². The predicted octanol–water partition coefficient (Wildman–Crippen LogP) is 2.10. The van der Waals surface area contributed by atoms with Gasteiger partial charge in [-0.1, -0.05) is 6.07 Å². The Balaban J connectivity index is 2.03. The molecule has 0 amide bonds. The number of aromatic amines is 1. The van der Waals surface area contributed by atoms with E-state index < -0.39 is 21.4 Å². The van der Waals surface area contributed by atoms with Crippen LogP contribution >= 0.6 is 11.3 Å². The first-order valence-electron chi connectivity index (χ1n) is 5.90. The Labute approximate surface area is 123 Å². The zero-order chi connectivity index (χ0) is 15.0. The average Bonchev–Trinajstić information content (AvgIpc) is 2.87. The summed E-state index contributed by atoms with van der Waals surface area (Å²) >= 11 is 1.23. The normalized spacial score (nSPS) is 11.9. The Morgan fingerprint density at radius 3 is 2.86 bits per heavy atom. The molecule has 5 nitrogen and oxygen atoms in total. The molecule has 0 aliphatic rings. The van der Waals surface area contributed by atoms with E-state index in [-0.39, 0.29) is 16.3 Å². The molecule has 0 unspecified atom stereocenters. The minimum atomic E-state index is -3.77. The van der Waals surface area contributed by atoms with Crippen LogP contribution in [0.15, 0.2) is 45.4 Å². The van der Waals surface area contributed by atoms with Gasteiger partial charge in [-0.2, -0.15) is 0 Å². The Bertz CT molecular complexity index is 976. The molecule has 3 aromatic rings. The monoisotopic (exact) mass is 324 g/mol. The van der Waals surface area contributed by atoms with Gasteiger partial charge in [0.1, 0.15) is 22.1 Å². The summed E-state index contributed by atoms with van der Waals surface area (Å²) in [5.74, 6) is -1.08. The van der Waals surface area contributed by atoms with Gasteiger partial charge in [0.15, 0.2) is 9.84 Å². The second-order valence-corrected chi connectivity index (χ2v) is 7.27. The van der Waals surface area contributed by atoms with Crippen molar-refractivity contribution in [2.24, 2.45) is 0 Å². The highest BCUT2D eigenvalue weighted by atomic mass is 32.2. The van der Waals surface area contributed by atoms with E-state index in [4.69, 9.17) is 0 Å². The van der Waals surface area contributed by atoms with Crippen LogP contribution in [-0.4, -0.2) is 18.4 Å². The molecule has 1 aromatic carbocycles. The molecule has 0 aliphatic heterocycles. The number of nitrogens with zero attached hydrogens (tertiary/aromatic N) is 1. The van der Waals surface area contributed by atoms with Crippen LogP contribution in [0.3, 0.4) is 0 Å². The molecule has 0 saturated heterocycles. The third-order valence-corrected chi connectivity index (χ3v) is 5.37. The number of rotatable bonds is 3. The molecule has 0 bridgehead atoms. The molecule has 108 valence electrons. The van der Waals surface area contributed by atoms with Crippen molar-refractivity contribution < 1.29 is 12.8 Å². The van der Waals surface area contributed by atoms with Crippen molar-refractivity contribution in [3.05, 3.63) is 57.7 Å². The molecule has 1 N–H and O–H groups in total. The summed E-state index contributed by atoms with van der Waals surface area (Å²) < 4.78 is 38.0. The van der Waals surface area contributed by atoms with Crippen LogP contribution in [0.1, 0.15) is 5.82 Å². The number of thiophene rings is 1. The van der Waals surface area contributed by atoms with Gasteiger partial charge < -0.3 is 4.98 Å². The van der Waals surface area contributed by atoms with Gasteiger partial charge in [-0.05, 0) is 29.6 Å². The standard InChI is InChI=1S/C13H9FN2O3S2/c14-8-2-1-3-9(6-8)21(18,19)7-11-15-10-4-5-20-12(10)13(17)16-11/h1-6H,7H2,(H,15,16,17). The van der Waals surface area contributed by atoms with Gasteiger partial charge in [0.05, 0.1) is 10.4 Å². The second-order valence-electron chi connectivity index (χ2n) is 4.36. The predicted molar refractivity (Wildman–Crippen MR) is 77.5 cm³/mol. The maximum atomic E-state index is 13.1. The van der Waals surface area contributed by atoms with Crippen molar-refractivity contribution in [1.82, 2.24) is 9.97 Å². The first kappa shape index (κ1) is 13.9. The summed E-state index contributed by atoms with van der Waals surface area (Å²) in [6.45, 7) is 0. The molecular formula is C13H9FN2O3S2. The molecule has 0 radical (unpaired) electrons. The van der Waals surface area contributed by atoms with Crippen molar-refractivity contribution in [3.8, 4) is 0 Å². The Morgan fingerprint density at radius 1 is 1.29 bits per heavy atom. The second kappa shape index (κ2) is 5.05. The smallest absolute Gasteiger partial charge is 0.268 e. The fraction of sp³-hybridized carbons (Fsp3) is 0.0769. The fourth-order valence-electron chi connectivity index (χ4n) is 1.91. The maximum absolute atomic E-state index is 13.1. The van der Waals surface area contributed by atoms with Crippen molar-refractivity contribution >= 4 is 31.4 Å². The minimum absolute atomic E-state index is 0.0372. The molecule has 2 heterocycles. The molecule has 3 rings (SSSR count). The van der Waals surface area contributed by atoms with E-state index in [0.717, 1.165) is 12.1 Å². The lowest BCUT2D eigenvalue weighted by Crippen LogP contribution is -2.14. The topological polar surface area (TPSA) is 79.9 Å². The van der Waals surface area contributed by atoms with E-state index in [1.54, 1.807) is 11.4 Å². The van der Waals surface area contributed by atoms with E-state index in [0.29, 0.717) is 10.2 Å². The van der Waals surface area contributed by atoms with Crippen LogP contribution in [0.4, 0.5) is 4.39 Å². The van der Waals surface area contributed by atoms with E-state index >= 15 is 0 Å². The van der Waals surface area contributed by atoms with Crippen molar-refractivity contribution in [1.29, 1.82) is 0 Å². The number of hydrogen-bond acceptors (Lipinski definition) is 5. The molecule has 8 heteroatoms. The van der Waals surface area contributed by atoms with E-state index in [2.05, 4.69) is 9.97 Å². The lowest BCUT2D eigenvalue weighted by Gasteiger charge is -2.04. The van der Waals surface area contributed by atoms with Crippen molar-refractivity contribution in [2.75, 3.05) is 0 Å². The summed E-state index contributed by atoms with van der Waals surface area (Å²) in [6, 6.07) is 6.38. The third kappa shape index (κ3) is 2.72. The zero-order valence-electron chi connectivity index (χ0n) is 10.5.